The molecule has 0 radical (unpaired) electrons. The van der Waals surface area contributed by atoms with Gasteiger partial charge in [-0.15, -0.1) is 0 Å². The maximum absolute atomic E-state index is 5.64. The van der Waals surface area contributed by atoms with Crippen LogP contribution in [0.3, 0.4) is 0 Å². The van der Waals surface area contributed by atoms with Crippen LogP contribution in [0.25, 0.3) is 0 Å². The van der Waals surface area contributed by atoms with Crippen LogP contribution in [0, 0.1) is 0 Å². The second kappa shape index (κ2) is 5.96. The maximum atomic E-state index is 5.64. The highest BCUT2D eigenvalue weighted by molar-refractivity contribution is 5.51. The summed E-state index contributed by atoms with van der Waals surface area (Å²) in [5, 5.41) is 3.36. The molecule has 0 unspecified atom stereocenters. The van der Waals surface area contributed by atoms with Crippen molar-refractivity contribution >= 4 is 11.4 Å². The highest BCUT2D eigenvalue weighted by Gasteiger charge is 2.00. The summed E-state index contributed by atoms with van der Waals surface area (Å²) in [6.07, 6.45) is 0.925. The first kappa shape index (κ1) is 12.3. The first-order chi connectivity index (χ1) is 8.79. The normalized spacial score (nSPS) is 10.1. The van der Waals surface area contributed by atoms with Crippen LogP contribution >= 0.6 is 0 Å². The molecule has 18 heavy (non-hydrogen) atoms. The van der Waals surface area contributed by atoms with E-state index >= 15 is 0 Å². The monoisotopic (exact) mass is 242 g/mol. The molecule has 0 saturated carbocycles. The standard InChI is InChI=1S/C15H18N2O/c1-18-15-5-3-2-4-12(15)10-11-17-14-8-6-13(16)7-9-14/h2-9,17H,10-11,16H2,1H3. The molecule has 3 N–H and O–H groups in total. The van der Waals surface area contributed by atoms with Crippen LogP contribution < -0.4 is 15.8 Å². The molecule has 0 aliphatic heterocycles. The Bertz CT molecular complexity index is 494. The number of hydrogen-bond donors (Lipinski definition) is 2. The Labute approximate surface area is 108 Å². The molecular weight excluding hydrogens is 224 g/mol. The Kier molecular flexibility index (Phi) is 4.07. The topological polar surface area (TPSA) is 47.3 Å². The molecule has 0 aliphatic rings. The molecular formula is C15H18N2O. The van der Waals surface area contributed by atoms with E-state index in [4.69, 9.17) is 10.5 Å². The summed E-state index contributed by atoms with van der Waals surface area (Å²) < 4.78 is 5.32. The smallest absolute Gasteiger partial charge is 0.122 e. The van der Waals surface area contributed by atoms with Gasteiger partial charge in [0.25, 0.3) is 0 Å². The zero-order chi connectivity index (χ0) is 12.8. The van der Waals surface area contributed by atoms with E-state index in [0.29, 0.717) is 0 Å². The summed E-state index contributed by atoms with van der Waals surface area (Å²) in [6, 6.07) is 15.8. The first-order valence-electron chi connectivity index (χ1n) is 6.01. The molecule has 3 heteroatoms. The molecule has 2 aromatic carbocycles. The average Bonchev–Trinajstić information content (AvgIpc) is 2.41. The van der Waals surface area contributed by atoms with Crippen LogP contribution in [0.1, 0.15) is 5.56 Å². The van der Waals surface area contributed by atoms with E-state index < -0.39 is 0 Å². The van der Waals surface area contributed by atoms with Gasteiger partial charge in [-0.3, -0.25) is 0 Å². The van der Waals surface area contributed by atoms with Crippen molar-refractivity contribution in [3.63, 3.8) is 0 Å². The van der Waals surface area contributed by atoms with E-state index in [1.54, 1.807) is 7.11 Å². The predicted molar refractivity (Wildman–Crippen MR) is 76.0 cm³/mol. The van der Waals surface area contributed by atoms with Gasteiger partial charge in [0.2, 0.25) is 0 Å². The largest absolute Gasteiger partial charge is 0.496 e. The minimum Gasteiger partial charge on any atom is -0.496 e. The van der Waals surface area contributed by atoms with Gasteiger partial charge in [-0.1, -0.05) is 18.2 Å². The van der Waals surface area contributed by atoms with Crippen molar-refractivity contribution in [1.82, 2.24) is 0 Å². The molecule has 0 saturated heterocycles. The summed E-state index contributed by atoms with van der Waals surface area (Å²) in [7, 11) is 1.70. The van der Waals surface area contributed by atoms with Gasteiger partial charge in [-0.05, 0) is 42.3 Å². The summed E-state index contributed by atoms with van der Waals surface area (Å²) in [6.45, 7) is 0.865. The Morgan fingerprint density at radius 2 is 1.78 bits per heavy atom. The van der Waals surface area contributed by atoms with E-state index in [9.17, 15) is 0 Å². The molecule has 0 amide bonds. The Morgan fingerprint density at radius 3 is 2.50 bits per heavy atom. The van der Waals surface area contributed by atoms with Gasteiger partial charge in [0.15, 0.2) is 0 Å². The second-order valence-corrected chi connectivity index (χ2v) is 4.11. The molecule has 0 aromatic heterocycles. The summed E-state index contributed by atoms with van der Waals surface area (Å²) in [5.41, 5.74) is 8.72. The van der Waals surface area contributed by atoms with Gasteiger partial charge in [0.05, 0.1) is 7.11 Å². The van der Waals surface area contributed by atoms with Crippen molar-refractivity contribution in [2.45, 2.75) is 6.42 Å². The fourth-order valence-electron chi connectivity index (χ4n) is 1.85. The van der Waals surface area contributed by atoms with Crippen molar-refractivity contribution < 1.29 is 4.74 Å². The van der Waals surface area contributed by atoms with E-state index in [-0.39, 0.29) is 0 Å². The lowest BCUT2D eigenvalue weighted by atomic mass is 10.1. The minimum absolute atomic E-state index is 0.783. The number of benzene rings is 2. The number of hydrogen-bond acceptors (Lipinski definition) is 3. The van der Waals surface area contributed by atoms with Crippen molar-refractivity contribution in [1.29, 1.82) is 0 Å². The SMILES string of the molecule is COc1ccccc1CCNc1ccc(N)cc1. The number of anilines is 2. The Balaban J connectivity index is 1.90. The van der Waals surface area contributed by atoms with Crippen LogP contribution in [-0.4, -0.2) is 13.7 Å². The van der Waals surface area contributed by atoms with Gasteiger partial charge in [-0.2, -0.15) is 0 Å². The third kappa shape index (κ3) is 3.17. The molecule has 0 fully saturated rings. The van der Waals surface area contributed by atoms with E-state index in [1.165, 1.54) is 5.56 Å². The van der Waals surface area contributed by atoms with Crippen LogP contribution in [0.5, 0.6) is 5.75 Å². The molecule has 94 valence electrons. The zero-order valence-electron chi connectivity index (χ0n) is 10.5. The molecule has 0 heterocycles. The van der Waals surface area contributed by atoms with Crippen molar-refractivity contribution in [3.8, 4) is 5.75 Å². The number of para-hydroxylation sites is 1. The molecule has 0 atom stereocenters. The Hall–Kier alpha value is -2.16. The fraction of sp³-hybridized carbons (Fsp3) is 0.200. The number of nitrogen functional groups attached to an aromatic ring is 1. The third-order valence-electron chi connectivity index (χ3n) is 2.83. The van der Waals surface area contributed by atoms with Crippen molar-refractivity contribution in [3.05, 3.63) is 54.1 Å². The van der Waals surface area contributed by atoms with E-state index in [2.05, 4.69) is 11.4 Å². The lowest BCUT2D eigenvalue weighted by Crippen LogP contribution is -2.05. The number of nitrogens with two attached hydrogens (primary N) is 1. The molecule has 2 aromatic rings. The van der Waals surface area contributed by atoms with Gasteiger partial charge >= 0.3 is 0 Å². The molecule has 0 aliphatic carbocycles. The van der Waals surface area contributed by atoms with Gasteiger partial charge in [0.1, 0.15) is 5.75 Å². The lowest BCUT2D eigenvalue weighted by molar-refractivity contribution is 0.410. The van der Waals surface area contributed by atoms with Crippen LogP contribution in [0.4, 0.5) is 11.4 Å². The van der Waals surface area contributed by atoms with Gasteiger partial charge in [0, 0.05) is 17.9 Å². The minimum atomic E-state index is 0.783. The Morgan fingerprint density at radius 1 is 1.06 bits per heavy atom. The van der Waals surface area contributed by atoms with E-state index in [1.807, 2.05) is 42.5 Å². The van der Waals surface area contributed by atoms with Crippen LogP contribution in [0.2, 0.25) is 0 Å². The summed E-state index contributed by atoms with van der Waals surface area (Å²) >= 11 is 0. The van der Waals surface area contributed by atoms with Gasteiger partial charge in [-0.25, -0.2) is 0 Å². The lowest BCUT2D eigenvalue weighted by Gasteiger charge is -2.09. The fourth-order valence-corrected chi connectivity index (χ4v) is 1.85. The summed E-state index contributed by atoms with van der Waals surface area (Å²) in [4.78, 5) is 0. The quantitative estimate of drug-likeness (QED) is 0.792. The number of rotatable bonds is 5. The van der Waals surface area contributed by atoms with Crippen molar-refractivity contribution in [2.24, 2.45) is 0 Å². The number of methoxy groups -OCH3 is 1. The third-order valence-corrected chi connectivity index (χ3v) is 2.83. The number of ether oxygens (including phenoxy) is 1. The zero-order valence-corrected chi connectivity index (χ0v) is 10.5. The van der Waals surface area contributed by atoms with Gasteiger partial charge < -0.3 is 15.8 Å². The molecule has 0 spiro atoms. The highest BCUT2D eigenvalue weighted by atomic mass is 16.5. The van der Waals surface area contributed by atoms with E-state index in [0.717, 1.165) is 30.1 Å². The van der Waals surface area contributed by atoms with Crippen molar-refractivity contribution in [2.75, 3.05) is 24.7 Å². The summed E-state index contributed by atoms with van der Waals surface area (Å²) in [5.74, 6) is 0.941. The predicted octanol–water partition coefficient (Wildman–Crippen LogP) is 2.93. The molecule has 3 nitrogen and oxygen atoms in total. The molecule has 0 bridgehead atoms. The van der Waals surface area contributed by atoms with Crippen LogP contribution in [-0.2, 0) is 6.42 Å². The highest BCUT2D eigenvalue weighted by Crippen LogP contribution is 2.18. The number of nitrogens with one attached hydrogen (secondary N) is 1. The molecule has 2 rings (SSSR count). The van der Waals surface area contributed by atoms with Crippen LogP contribution in [0.15, 0.2) is 48.5 Å². The maximum Gasteiger partial charge on any atom is 0.122 e. The second-order valence-electron chi connectivity index (χ2n) is 4.11. The average molecular weight is 242 g/mol. The first-order valence-corrected chi connectivity index (χ1v) is 6.01.